The molecule has 6 nitrogen and oxygen atoms in total. The average Bonchev–Trinajstić information content (AvgIpc) is 3.60. The number of rotatable bonds is 3. The van der Waals surface area contributed by atoms with Gasteiger partial charge in [0.25, 0.3) is 0 Å². The largest absolute Gasteiger partial charge is 0.308 e. The molecule has 8 aromatic rings. The van der Waals surface area contributed by atoms with Gasteiger partial charge in [0.1, 0.15) is 5.82 Å². The van der Waals surface area contributed by atoms with E-state index in [1.165, 1.54) is 0 Å². The Bertz CT molecular complexity index is 2600. The Morgan fingerprint density at radius 3 is 1.82 bits per heavy atom. The SMILES string of the molecule is [C-]#[N+]c1ccc2c3ccccc3n(-c3cc(-c4cccc(C#N)c4)c(-n4c5ccccc5c5ccc([N+]#[C-])cc54)cn3)c2c1. The van der Waals surface area contributed by atoms with E-state index in [0.717, 1.165) is 60.4 Å². The van der Waals surface area contributed by atoms with E-state index in [1.807, 2.05) is 85.1 Å². The summed E-state index contributed by atoms with van der Waals surface area (Å²) in [5.41, 5.74) is 8.05. The van der Waals surface area contributed by atoms with Crippen molar-refractivity contribution in [3.05, 3.63) is 150 Å². The lowest BCUT2D eigenvalue weighted by Crippen LogP contribution is -2.03. The fourth-order valence-corrected chi connectivity index (χ4v) is 6.29. The Kier molecular flexibility index (Phi) is 5.53. The molecule has 5 aromatic carbocycles. The van der Waals surface area contributed by atoms with Crippen molar-refractivity contribution < 1.29 is 0 Å². The van der Waals surface area contributed by atoms with Crippen molar-refractivity contribution in [1.82, 2.24) is 14.1 Å². The number of nitrogens with zero attached hydrogens (tertiary/aromatic N) is 6. The van der Waals surface area contributed by atoms with E-state index >= 15 is 0 Å². The number of pyridine rings is 1. The van der Waals surface area contributed by atoms with Crippen molar-refractivity contribution in [1.29, 1.82) is 5.26 Å². The molecule has 0 N–H and O–H groups in total. The van der Waals surface area contributed by atoms with Crippen molar-refractivity contribution in [3.63, 3.8) is 0 Å². The first-order valence-corrected chi connectivity index (χ1v) is 14.0. The van der Waals surface area contributed by atoms with E-state index in [2.05, 4.69) is 55.2 Å². The number of hydrogen-bond acceptors (Lipinski definition) is 2. The average molecular weight is 561 g/mol. The van der Waals surface area contributed by atoms with Crippen LogP contribution in [0.4, 0.5) is 11.4 Å². The van der Waals surface area contributed by atoms with E-state index in [0.29, 0.717) is 22.8 Å². The minimum absolute atomic E-state index is 0.556. The summed E-state index contributed by atoms with van der Waals surface area (Å²) in [5, 5.41) is 14.0. The molecule has 0 saturated heterocycles. The maximum Gasteiger partial charge on any atom is 0.189 e. The topological polar surface area (TPSA) is 55.3 Å². The number of nitriles is 1. The first-order valence-electron chi connectivity index (χ1n) is 14.0. The van der Waals surface area contributed by atoms with Gasteiger partial charge in [-0.15, -0.1) is 0 Å². The van der Waals surface area contributed by atoms with Crippen molar-refractivity contribution in [2.45, 2.75) is 0 Å². The Morgan fingerprint density at radius 2 is 1.18 bits per heavy atom. The quantitative estimate of drug-likeness (QED) is 0.202. The second-order valence-electron chi connectivity index (χ2n) is 10.6. The Morgan fingerprint density at radius 1 is 0.591 bits per heavy atom. The maximum atomic E-state index is 9.77. The lowest BCUT2D eigenvalue weighted by molar-refractivity contribution is 1.06. The molecule has 6 heteroatoms. The van der Waals surface area contributed by atoms with Crippen LogP contribution in [-0.2, 0) is 0 Å². The molecule has 0 saturated carbocycles. The van der Waals surface area contributed by atoms with Gasteiger partial charge in [0.05, 0.1) is 47.7 Å². The lowest BCUT2D eigenvalue weighted by atomic mass is 10.0. The van der Waals surface area contributed by atoms with E-state index in [1.54, 1.807) is 6.07 Å². The minimum Gasteiger partial charge on any atom is -0.308 e. The summed E-state index contributed by atoms with van der Waals surface area (Å²) in [7, 11) is 0. The molecule has 3 aromatic heterocycles. The Hall–Kier alpha value is -6.68. The van der Waals surface area contributed by atoms with Crippen LogP contribution in [0.1, 0.15) is 5.56 Å². The molecule has 0 spiro atoms. The Labute approximate surface area is 252 Å². The fourth-order valence-electron chi connectivity index (χ4n) is 6.29. The standard InChI is InChI=1S/C38H20N6/c1-40-26-14-16-30-28-10-3-5-12-33(28)43(35(30)19-26)37-23-42-38(21-32(37)25-9-7-8-24(18-25)22-39)44-34-13-6-4-11-29(34)31-17-15-27(41-2)20-36(31)44/h3-21,23H. The first kappa shape index (κ1) is 25.1. The van der Waals surface area contributed by atoms with E-state index in [4.69, 9.17) is 18.1 Å². The molecule has 0 aliphatic carbocycles. The summed E-state index contributed by atoms with van der Waals surface area (Å²) in [6.45, 7) is 15.3. The molecule has 0 unspecified atom stereocenters. The molecule has 3 heterocycles. The maximum absolute atomic E-state index is 9.77. The third kappa shape index (κ3) is 3.68. The zero-order valence-electron chi connectivity index (χ0n) is 23.2. The predicted molar refractivity (Wildman–Crippen MR) is 176 cm³/mol. The highest BCUT2D eigenvalue weighted by atomic mass is 15.1. The number of fused-ring (bicyclic) bond motifs is 6. The molecule has 0 aliphatic rings. The van der Waals surface area contributed by atoms with Crippen molar-refractivity contribution in [2.24, 2.45) is 0 Å². The minimum atomic E-state index is 0.556. The monoisotopic (exact) mass is 560 g/mol. The zero-order valence-corrected chi connectivity index (χ0v) is 23.2. The molecule has 8 rings (SSSR count). The van der Waals surface area contributed by atoms with Gasteiger partial charge in [0, 0.05) is 38.1 Å². The number of hydrogen-bond donors (Lipinski definition) is 0. The van der Waals surface area contributed by atoms with Crippen LogP contribution in [0.2, 0.25) is 0 Å². The van der Waals surface area contributed by atoms with Crippen LogP contribution in [0.5, 0.6) is 0 Å². The van der Waals surface area contributed by atoms with E-state index in [9.17, 15) is 5.26 Å². The van der Waals surface area contributed by atoms with E-state index < -0.39 is 0 Å². The van der Waals surface area contributed by atoms with Gasteiger partial charge in [-0.1, -0.05) is 72.8 Å². The third-order valence-corrected chi connectivity index (χ3v) is 8.21. The number of aromatic nitrogens is 3. The van der Waals surface area contributed by atoms with Crippen LogP contribution >= 0.6 is 0 Å². The van der Waals surface area contributed by atoms with Gasteiger partial charge in [-0.3, -0.25) is 4.57 Å². The van der Waals surface area contributed by atoms with E-state index in [-0.39, 0.29) is 0 Å². The fraction of sp³-hybridized carbons (Fsp3) is 0. The molecule has 0 amide bonds. The highest BCUT2D eigenvalue weighted by Crippen LogP contribution is 2.40. The van der Waals surface area contributed by atoms with Gasteiger partial charge in [0.15, 0.2) is 11.4 Å². The van der Waals surface area contributed by atoms with Gasteiger partial charge in [-0.25, -0.2) is 14.7 Å². The smallest absolute Gasteiger partial charge is 0.189 e. The van der Waals surface area contributed by atoms with Crippen LogP contribution in [0.25, 0.3) is 75.9 Å². The summed E-state index contributed by atoms with van der Waals surface area (Å²) >= 11 is 0. The Balaban J connectivity index is 1.50. The van der Waals surface area contributed by atoms with Gasteiger partial charge < -0.3 is 4.57 Å². The lowest BCUT2D eigenvalue weighted by Gasteiger charge is -2.17. The number of para-hydroxylation sites is 2. The van der Waals surface area contributed by atoms with Crippen LogP contribution in [-0.4, -0.2) is 14.1 Å². The second-order valence-corrected chi connectivity index (χ2v) is 10.6. The molecule has 0 aliphatic heterocycles. The molecular formula is C38H20N6. The van der Waals surface area contributed by atoms with Crippen molar-refractivity contribution in [3.8, 4) is 28.7 Å². The first-order chi connectivity index (χ1) is 21.7. The summed E-state index contributed by atoms with van der Waals surface area (Å²) in [6, 6.07) is 39.8. The van der Waals surface area contributed by atoms with Crippen molar-refractivity contribution in [2.75, 3.05) is 0 Å². The molecule has 44 heavy (non-hydrogen) atoms. The summed E-state index contributed by atoms with van der Waals surface area (Å²) < 4.78 is 4.26. The highest BCUT2D eigenvalue weighted by Gasteiger charge is 2.20. The predicted octanol–water partition coefficient (Wildman–Crippen LogP) is 9.92. The molecule has 202 valence electrons. The summed E-state index contributed by atoms with van der Waals surface area (Å²) in [5.74, 6) is 0.696. The molecular weight excluding hydrogens is 540 g/mol. The van der Waals surface area contributed by atoms with Crippen LogP contribution in [0.15, 0.2) is 121 Å². The highest BCUT2D eigenvalue weighted by molar-refractivity contribution is 6.11. The second kappa shape index (κ2) is 9.71. The number of benzene rings is 5. The van der Waals surface area contributed by atoms with Crippen LogP contribution in [0.3, 0.4) is 0 Å². The van der Waals surface area contributed by atoms with Crippen LogP contribution < -0.4 is 0 Å². The third-order valence-electron chi connectivity index (χ3n) is 8.21. The van der Waals surface area contributed by atoms with Gasteiger partial charge >= 0.3 is 0 Å². The van der Waals surface area contributed by atoms with Crippen molar-refractivity contribution >= 4 is 55.0 Å². The van der Waals surface area contributed by atoms with Crippen LogP contribution in [0, 0.1) is 24.5 Å². The molecule has 0 atom stereocenters. The molecule has 0 bridgehead atoms. The summed E-state index contributed by atoms with van der Waals surface area (Å²) in [6.07, 6.45) is 1.87. The van der Waals surface area contributed by atoms with Gasteiger partial charge in [-0.05, 0) is 48.0 Å². The molecule has 0 fully saturated rings. The molecule has 0 radical (unpaired) electrons. The van der Waals surface area contributed by atoms with Gasteiger partial charge in [0.2, 0.25) is 0 Å². The van der Waals surface area contributed by atoms with Gasteiger partial charge in [-0.2, -0.15) is 5.26 Å². The zero-order chi connectivity index (χ0) is 29.8. The summed E-state index contributed by atoms with van der Waals surface area (Å²) in [4.78, 5) is 12.5. The normalized spacial score (nSPS) is 11.1.